The Kier molecular flexibility index (Phi) is 4.29. The average Bonchev–Trinajstić information content (AvgIpc) is 3.23. The molecule has 116 valence electrons. The minimum atomic E-state index is 0.356. The molecule has 1 aliphatic heterocycles. The fraction of sp³-hybridized carbons (Fsp3) is 0.750. The molecule has 1 aliphatic carbocycles. The smallest absolute Gasteiger partial charge is 0.225 e. The van der Waals surface area contributed by atoms with E-state index in [1.807, 2.05) is 12.5 Å². The number of likely N-dealkylation sites (tertiary alicyclic amines) is 1. The highest BCUT2D eigenvalue weighted by Crippen LogP contribution is 2.31. The summed E-state index contributed by atoms with van der Waals surface area (Å²) in [5.74, 6) is 0.751. The minimum absolute atomic E-state index is 0.356. The molecule has 1 aromatic heterocycles. The summed E-state index contributed by atoms with van der Waals surface area (Å²) in [7, 11) is 0. The molecular weight excluding hydrogens is 264 g/mol. The molecule has 1 saturated heterocycles. The monoisotopic (exact) mass is 290 g/mol. The summed E-state index contributed by atoms with van der Waals surface area (Å²) in [4.78, 5) is 18.3. The normalized spacial score (nSPS) is 20.2. The molecule has 0 aromatic carbocycles. The highest BCUT2D eigenvalue weighted by molar-refractivity contribution is 5.81. The molecule has 2 fully saturated rings. The predicted octanol–water partition coefficient (Wildman–Crippen LogP) is 1.95. The van der Waals surface area contributed by atoms with Crippen molar-refractivity contribution < 1.29 is 4.79 Å². The van der Waals surface area contributed by atoms with E-state index in [0.29, 0.717) is 23.9 Å². The van der Waals surface area contributed by atoms with E-state index >= 15 is 0 Å². The Hall–Kier alpha value is -1.36. The van der Waals surface area contributed by atoms with Crippen LogP contribution in [0.15, 0.2) is 12.5 Å². The molecule has 0 atom stereocenters. The number of hydrogen-bond acceptors (Lipinski definition) is 3. The number of piperidine rings is 1. The van der Waals surface area contributed by atoms with Gasteiger partial charge in [-0.15, -0.1) is 0 Å². The quantitative estimate of drug-likeness (QED) is 0.902. The van der Waals surface area contributed by atoms with Gasteiger partial charge >= 0.3 is 0 Å². The van der Waals surface area contributed by atoms with Crippen molar-refractivity contribution in [3.8, 4) is 0 Å². The Morgan fingerprint density at radius 2 is 2.05 bits per heavy atom. The number of nitrogens with one attached hydrogen (secondary N) is 1. The van der Waals surface area contributed by atoms with Crippen molar-refractivity contribution >= 4 is 5.91 Å². The number of amides is 1. The summed E-state index contributed by atoms with van der Waals surface area (Å²) < 4.78 is 2.21. The van der Waals surface area contributed by atoms with Crippen LogP contribution in [-0.4, -0.2) is 39.5 Å². The first kappa shape index (κ1) is 14.6. The van der Waals surface area contributed by atoms with Crippen molar-refractivity contribution in [1.29, 1.82) is 0 Å². The van der Waals surface area contributed by atoms with Gasteiger partial charge in [0.1, 0.15) is 0 Å². The molecule has 0 spiro atoms. The predicted molar refractivity (Wildman–Crippen MR) is 81.8 cm³/mol. The van der Waals surface area contributed by atoms with Crippen LogP contribution in [0.2, 0.25) is 0 Å². The fourth-order valence-corrected chi connectivity index (χ4v) is 3.08. The lowest BCUT2D eigenvalue weighted by molar-refractivity contribution is -0.133. The fourth-order valence-electron chi connectivity index (χ4n) is 3.08. The zero-order chi connectivity index (χ0) is 14.8. The maximum Gasteiger partial charge on any atom is 0.225 e. The summed E-state index contributed by atoms with van der Waals surface area (Å²) in [6, 6.07) is 0.964. The van der Waals surface area contributed by atoms with Crippen molar-refractivity contribution in [1.82, 2.24) is 19.8 Å². The molecule has 0 unspecified atom stereocenters. The molecule has 3 rings (SSSR count). The molecule has 0 bridgehead atoms. The van der Waals surface area contributed by atoms with Gasteiger partial charge < -0.3 is 14.8 Å². The molecule has 1 aromatic rings. The van der Waals surface area contributed by atoms with Crippen LogP contribution in [0.1, 0.15) is 51.3 Å². The Balaban J connectivity index is 1.45. The number of rotatable bonds is 5. The van der Waals surface area contributed by atoms with Gasteiger partial charge in [-0.2, -0.15) is 0 Å². The summed E-state index contributed by atoms with van der Waals surface area (Å²) >= 11 is 0. The van der Waals surface area contributed by atoms with Crippen LogP contribution in [0.5, 0.6) is 0 Å². The Morgan fingerprint density at radius 1 is 1.33 bits per heavy atom. The first-order valence-corrected chi connectivity index (χ1v) is 8.18. The topological polar surface area (TPSA) is 50.2 Å². The molecular formula is C16H26N4O. The number of hydrogen-bond donors (Lipinski definition) is 1. The zero-order valence-electron chi connectivity index (χ0n) is 13.1. The largest absolute Gasteiger partial charge is 0.342 e. The highest BCUT2D eigenvalue weighted by atomic mass is 16.2. The van der Waals surface area contributed by atoms with Crippen LogP contribution in [0.4, 0.5) is 0 Å². The first-order valence-electron chi connectivity index (χ1n) is 8.18. The standard InChI is InChI=1S/C16H26N4O/c1-12(2)20-11-17-9-15(20)10-18-14-5-7-19(8-6-14)16(21)13-3-4-13/h9,11-14,18H,3-8,10H2,1-2H3. The summed E-state index contributed by atoms with van der Waals surface area (Å²) in [5, 5.41) is 3.62. The van der Waals surface area contributed by atoms with Crippen molar-refractivity contribution in [2.24, 2.45) is 5.92 Å². The van der Waals surface area contributed by atoms with Gasteiger partial charge in [-0.3, -0.25) is 4.79 Å². The highest BCUT2D eigenvalue weighted by Gasteiger charge is 2.34. The summed E-state index contributed by atoms with van der Waals surface area (Å²) in [5.41, 5.74) is 1.24. The van der Waals surface area contributed by atoms with Crippen molar-refractivity contribution in [3.63, 3.8) is 0 Å². The van der Waals surface area contributed by atoms with E-state index in [2.05, 4.69) is 33.6 Å². The lowest BCUT2D eigenvalue weighted by atomic mass is 10.0. The van der Waals surface area contributed by atoms with Crippen molar-refractivity contribution in [2.45, 2.75) is 58.2 Å². The number of carbonyl (C=O) groups excluding carboxylic acids is 1. The van der Waals surface area contributed by atoms with Gasteiger partial charge in [0.25, 0.3) is 0 Å². The Labute approximate surface area is 126 Å². The number of aromatic nitrogens is 2. The molecule has 0 radical (unpaired) electrons. The second-order valence-electron chi connectivity index (χ2n) is 6.64. The van der Waals surface area contributed by atoms with Crippen LogP contribution >= 0.6 is 0 Å². The maximum atomic E-state index is 12.0. The van der Waals surface area contributed by atoms with Gasteiger partial charge in [0.05, 0.1) is 12.0 Å². The van der Waals surface area contributed by atoms with E-state index in [1.54, 1.807) is 0 Å². The number of nitrogens with zero attached hydrogens (tertiary/aromatic N) is 3. The molecule has 5 nitrogen and oxygen atoms in total. The minimum Gasteiger partial charge on any atom is -0.342 e. The third-order valence-corrected chi connectivity index (χ3v) is 4.61. The van der Waals surface area contributed by atoms with E-state index in [0.717, 1.165) is 45.3 Å². The third-order valence-electron chi connectivity index (χ3n) is 4.61. The number of carbonyl (C=O) groups is 1. The molecule has 2 heterocycles. The first-order chi connectivity index (χ1) is 10.1. The molecule has 1 amide bonds. The van der Waals surface area contributed by atoms with E-state index in [-0.39, 0.29) is 0 Å². The van der Waals surface area contributed by atoms with Gasteiger partial charge in [-0.25, -0.2) is 4.98 Å². The lowest BCUT2D eigenvalue weighted by Crippen LogP contribution is -2.45. The van der Waals surface area contributed by atoms with E-state index < -0.39 is 0 Å². The summed E-state index contributed by atoms with van der Waals surface area (Å²) in [6.07, 6.45) is 8.19. The van der Waals surface area contributed by atoms with Crippen LogP contribution in [0.3, 0.4) is 0 Å². The van der Waals surface area contributed by atoms with Gasteiger partial charge in [-0.1, -0.05) is 0 Å². The summed E-state index contributed by atoms with van der Waals surface area (Å²) in [6.45, 7) is 7.03. The van der Waals surface area contributed by atoms with Crippen LogP contribution in [0.25, 0.3) is 0 Å². The van der Waals surface area contributed by atoms with E-state index in [4.69, 9.17) is 0 Å². The maximum absolute atomic E-state index is 12.0. The molecule has 21 heavy (non-hydrogen) atoms. The van der Waals surface area contributed by atoms with E-state index in [1.165, 1.54) is 5.69 Å². The SMILES string of the molecule is CC(C)n1cncc1CNC1CCN(C(=O)C2CC2)CC1. The van der Waals surface area contributed by atoms with Gasteiger partial charge in [0.15, 0.2) is 0 Å². The van der Waals surface area contributed by atoms with Gasteiger partial charge in [0.2, 0.25) is 5.91 Å². The van der Waals surface area contributed by atoms with Crippen LogP contribution < -0.4 is 5.32 Å². The number of imidazole rings is 1. The second kappa shape index (κ2) is 6.18. The molecule has 2 aliphatic rings. The third kappa shape index (κ3) is 3.46. The molecule has 1 saturated carbocycles. The van der Waals surface area contributed by atoms with Crippen molar-refractivity contribution in [2.75, 3.05) is 13.1 Å². The van der Waals surface area contributed by atoms with Gasteiger partial charge in [0, 0.05) is 43.8 Å². The zero-order valence-corrected chi connectivity index (χ0v) is 13.1. The lowest BCUT2D eigenvalue weighted by Gasteiger charge is -2.32. The van der Waals surface area contributed by atoms with E-state index in [9.17, 15) is 4.79 Å². The molecule has 1 N–H and O–H groups in total. The van der Waals surface area contributed by atoms with Crippen LogP contribution in [0, 0.1) is 5.92 Å². The second-order valence-corrected chi connectivity index (χ2v) is 6.64. The Morgan fingerprint density at radius 3 is 2.67 bits per heavy atom. The van der Waals surface area contributed by atoms with Gasteiger partial charge in [-0.05, 0) is 39.5 Å². The van der Waals surface area contributed by atoms with Crippen molar-refractivity contribution in [3.05, 3.63) is 18.2 Å². The van der Waals surface area contributed by atoms with Crippen LogP contribution in [-0.2, 0) is 11.3 Å². The Bertz CT molecular complexity index is 484. The molecule has 5 heteroatoms. The average molecular weight is 290 g/mol.